The molecule has 0 radical (unpaired) electrons. The van der Waals surface area contributed by atoms with Crippen LogP contribution < -0.4 is 4.90 Å². The van der Waals surface area contributed by atoms with Crippen molar-refractivity contribution in [1.29, 1.82) is 0 Å². The van der Waals surface area contributed by atoms with Gasteiger partial charge in [0.1, 0.15) is 5.76 Å². The Hall–Kier alpha value is -3.60. The van der Waals surface area contributed by atoms with Crippen LogP contribution in [0.1, 0.15) is 22.7 Å². The lowest BCUT2D eigenvalue weighted by atomic mass is 9.94. The Morgan fingerprint density at radius 1 is 0.824 bits per heavy atom. The van der Waals surface area contributed by atoms with Gasteiger partial charge < -0.3 is 5.11 Å². The molecule has 1 aliphatic rings. The second-order valence-corrected chi connectivity index (χ2v) is 9.06. The van der Waals surface area contributed by atoms with Crippen molar-refractivity contribution in [3.05, 3.63) is 117 Å². The first kappa shape index (κ1) is 22.2. The number of carbonyl (C=O) groups excluding carboxylic acids is 2. The van der Waals surface area contributed by atoms with Crippen molar-refractivity contribution >= 4 is 57.1 Å². The molecule has 1 aliphatic heterocycles. The minimum Gasteiger partial charge on any atom is -0.507 e. The van der Waals surface area contributed by atoms with E-state index in [4.69, 9.17) is 23.2 Å². The van der Waals surface area contributed by atoms with Gasteiger partial charge >= 0.3 is 0 Å². The Bertz CT molecular complexity index is 1510. The molecule has 1 atom stereocenters. The topological polar surface area (TPSA) is 57.6 Å². The van der Waals surface area contributed by atoms with Crippen LogP contribution in [0.25, 0.3) is 16.5 Å². The molecule has 1 saturated heterocycles. The third-order valence-corrected chi connectivity index (χ3v) is 6.75. The first-order valence-electron chi connectivity index (χ1n) is 10.7. The summed E-state index contributed by atoms with van der Waals surface area (Å²) in [7, 11) is 0. The highest BCUT2D eigenvalue weighted by Gasteiger charge is 2.47. The van der Waals surface area contributed by atoms with Gasteiger partial charge in [-0.1, -0.05) is 77.8 Å². The number of fused-ring (bicyclic) bond motifs is 1. The lowest BCUT2D eigenvalue weighted by Gasteiger charge is -2.26. The third kappa shape index (κ3) is 3.75. The summed E-state index contributed by atoms with van der Waals surface area (Å²) in [5.41, 5.74) is 2.50. The summed E-state index contributed by atoms with van der Waals surface area (Å²) in [5.74, 6) is -1.72. The van der Waals surface area contributed by atoms with Gasteiger partial charge in [0, 0.05) is 11.3 Å². The molecule has 4 aromatic rings. The van der Waals surface area contributed by atoms with E-state index in [1.54, 1.807) is 36.4 Å². The molecule has 0 bridgehead atoms. The number of hydrogen-bond acceptors (Lipinski definition) is 3. The normalized spacial score (nSPS) is 17.5. The van der Waals surface area contributed by atoms with Gasteiger partial charge in [-0.2, -0.15) is 0 Å². The summed E-state index contributed by atoms with van der Waals surface area (Å²) in [6.07, 6.45) is 0. The predicted molar refractivity (Wildman–Crippen MR) is 136 cm³/mol. The Kier molecular flexibility index (Phi) is 5.64. The molecule has 1 N–H and O–H groups in total. The molecule has 34 heavy (non-hydrogen) atoms. The van der Waals surface area contributed by atoms with Gasteiger partial charge in [-0.05, 0) is 59.2 Å². The minimum atomic E-state index is -0.872. The molecule has 0 saturated carbocycles. The summed E-state index contributed by atoms with van der Waals surface area (Å²) < 4.78 is 0. The van der Waals surface area contributed by atoms with Crippen molar-refractivity contribution in [3.8, 4) is 0 Å². The highest BCUT2D eigenvalue weighted by Crippen LogP contribution is 2.43. The monoisotopic (exact) mass is 487 g/mol. The number of anilines is 1. The largest absolute Gasteiger partial charge is 0.507 e. The highest BCUT2D eigenvalue weighted by molar-refractivity contribution is 6.52. The third-order valence-electron chi connectivity index (χ3n) is 6.01. The van der Waals surface area contributed by atoms with E-state index in [0.29, 0.717) is 26.9 Å². The number of rotatable bonds is 3. The minimum absolute atomic E-state index is 0.000163. The molecule has 4 nitrogen and oxygen atoms in total. The Morgan fingerprint density at radius 3 is 2.32 bits per heavy atom. The summed E-state index contributed by atoms with van der Waals surface area (Å²) in [5, 5.41) is 13.9. The van der Waals surface area contributed by atoms with Crippen LogP contribution in [0.4, 0.5) is 5.69 Å². The molecule has 1 unspecified atom stereocenters. The maximum absolute atomic E-state index is 13.3. The number of nitrogens with zero attached hydrogens (tertiary/aromatic N) is 1. The van der Waals surface area contributed by atoms with Crippen LogP contribution in [0.5, 0.6) is 0 Å². The first-order valence-corrected chi connectivity index (χ1v) is 11.4. The number of aryl methyl sites for hydroxylation is 1. The van der Waals surface area contributed by atoms with Crippen LogP contribution in [-0.4, -0.2) is 16.8 Å². The van der Waals surface area contributed by atoms with E-state index in [-0.39, 0.29) is 11.3 Å². The molecule has 0 spiro atoms. The van der Waals surface area contributed by atoms with Gasteiger partial charge in [-0.25, -0.2) is 0 Å². The Labute approximate surface area is 206 Å². The Morgan fingerprint density at radius 2 is 1.59 bits per heavy atom. The van der Waals surface area contributed by atoms with Crippen LogP contribution in [-0.2, 0) is 9.59 Å². The van der Waals surface area contributed by atoms with Crippen LogP contribution in [0.15, 0.2) is 90.5 Å². The smallest absolute Gasteiger partial charge is 0.300 e. The fraction of sp³-hybridized carbons (Fsp3) is 0.0714. The number of aliphatic hydroxyl groups is 1. The summed E-state index contributed by atoms with van der Waals surface area (Å²) in [6.45, 7) is 1.91. The average Bonchev–Trinajstić information content (AvgIpc) is 3.10. The predicted octanol–water partition coefficient (Wildman–Crippen LogP) is 7.08. The van der Waals surface area contributed by atoms with Crippen molar-refractivity contribution in [2.75, 3.05) is 4.90 Å². The van der Waals surface area contributed by atoms with Crippen LogP contribution >= 0.6 is 23.2 Å². The fourth-order valence-electron chi connectivity index (χ4n) is 4.37. The zero-order valence-electron chi connectivity index (χ0n) is 18.1. The van der Waals surface area contributed by atoms with E-state index in [9.17, 15) is 14.7 Å². The van der Waals surface area contributed by atoms with Gasteiger partial charge in [0.15, 0.2) is 0 Å². The molecular weight excluding hydrogens is 469 g/mol. The average molecular weight is 488 g/mol. The van der Waals surface area contributed by atoms with Gasteiger partial charge in [0.25, 0.3) is 11.7 Å². The van der Waals surface area contributed by atoms with E-state index in [0.717, 1.165) is 16.3 Å². The highest BCUT2D eigenvalue weighted by atomic mass is 35.5. The van der Waals surface area contributed by atoms with Gasteiger partial charge in [0.2, 0.25) is 0 Å². The summed E-state index contributed by atoms with van der Waals surface area (Å²) in [4.78, 5) is 28.0. The first-order chi connectivity index (χ1) is 16.3. The number of amides is 1. The maximum atomic E-state index is 13.3. The van der Waals surface area contributed by atoms with Crippen LogP contribution in [0.2, 0.25) is 10.0 Å². The Balaban J connectivity index is 1.75. The van der Waals surface area contributed by atoms with Gasteiger partial charge in [0.05, 0.1) is 21.7 Å². The molecule has 168 valence electrons. The fourth-order valence-corrected chi connectivity index (χ4v) is 4.67. The number of halogens is 2. The van der Waals surface area contributed by atoms with E-state index < -0.39 is 17.7 Å². The van der Waals surface area contributed by atoms with Gasteiger partial charge in [-0.3, -0.25) is 14.5 Å². The number of aliphatic hydroxyl groups excluding tert-OH is 1. The van der Waals surface area contributed by atoms with E-state index in [1.165, 1.54) is 4.90 Å². The molecule has 0 aliphatic carbocycles. The molecule has 1 fully saturated rings. The molecule has 4 aromatic carbocycles. The van der Waals surface area contributed by atoms with E-state index in [1.807, 2.05) is 55.5 Å². The quantitative estimate of drug-likeness (QED) is 0.190. The van der Waals surface area contributed by atoms with Crippen molar-refractivity contribution in [1.82, 2.24) is 0 Å². The van der Waals surface area contributed by atoms with Gasteiger partial charge in [-0.15, -0.1) is 0 Å². The number of hydrogen-bond donors (Lipinski definition) is 1. The van der Waals surface area contributed by atoms with E-state index in [2.05, 4.69) is 0 Å². The number of carbonyl (C=O) groups is 2. The number of ketones is 1. The van der Waals surface area contributed by atoms with Crippen LogP contribution in [0.3, 0.4) is 0 Å². The molecule has 5 rings (SSSR count). The zero-order valence-corrected chi connectivity index (χ0v) is 19.6. The van der Waals surface area contributed by atoms with E-state index >= 15 is 0 Å². The maximum Gasteiger partial charge on any atom is 0.300 e. The van der Waals surface area contributed by atoms with Crippen molar-refractivity contribution < 1.29 is 14.7 Å². The molecule has 0 aromatic heterocycles. The lowest BCUT2D eigenvalue weighted by molar-refractivity contribution is -0.132. The van der Waals surface area contributed by atoms with Crippen LogP contribution in [0, 0.1) is 6.92 Å². The van der Waals surface area contributed by atoms with Crippen molar-refractivity contribution in [3.63, 3.8) is 0 Å². The second-order valence-electron chi connectivity index (χ2n) is 8.24. The molecule has 1 amide bonds. The molecule has 1 heterocycles. The summed E-state index contributed by atoms with van der Waals surface area (Å²) in [6, 6.07) is 24.5. The standard InChI is InChI=1S/C28H19Cl2NO3/c1-16-5-4-8-21(13-16)31-25(19-11-12-22(29)23(30)15-19)24(27(33)28(31)34)26(32)20-10-9-17-6-2-3-7-18(17)14-20/h2-15,25,32H,1H3/b26-24-. The van der Waals surface area contributed by atoms with Crippen molar-refractivity contribution in [2.24, 2.45) is 0 Å². The molecular formula is C28H19Cl2NO3. The SMILES string of the molecule is Cc1cccc(N2C(=O)C(=O)/C(=C(\O)c3ccc4ccccc4c3)C2c2ccc(Cl)c(Cl)c2)c1. The number of benzene rings is 4. The lowest BCUT2D eigenvalue weighted by Crippen LogP contribution is -2.29. The van der Waals surface area contributed by atoms with Crippen molar-refractivity contribution in [2.45, 2.75) is 13.0 Å². The zero-order chi connectivity index (χ0) is 24.0. The summed E-state index contributed by atoms with van der Waals surface area (Å²) >= 11 is 12.4. The second kappa shape index (κ2) is 8.64. The number of Topliss-reactive ketones (excluding diaryl/α,β-unsaturated/α-hetero) is 1. The molecule has 6 heteroatoms.